The lowest BCUT2D eigenvalue weighted by molar-refractivity contribution is -0.402. The van der Waals surface area contributed by atoms with E-state index in [9.17, 15) is 14.9 Å². The normalized spacial score (nSPS) is 14.1. The van der Waals surface area contributed by atoms with Crippen molar-refractivity contribution in [2.45, 2.75) is 12.8 Å². The highest BCUT2D eigenvalue weighted by molar-refractivity contribution is 6.02. The molecule has 114 valence electrons. The maximum atomic E-state index is 11.9. The highest BCUT2D eigenvalue weighted by Gasteiger charge is 2.18. The van der Waals surface area contributed by atoms with E-state index in [4.69, 9.17) is 4.42 Å². The van der Waals surface area contributed by atoms with Crippen LogP contribution in [0.4, 0.5) is 17.5 Å². The number of furan rings is 1. The number of rotatable bonds is 4. The van der Waals surface area contributed by atoms with Crippen LogP contribution in [0.5, 0.6) is 0 Å². The molecule has 1 aliphatic rings. The lowest BCUT2D eigenvalue weighted by atomic mass is 10.4. The summed E-state index contributed by atoms with van der Waals surface area (Å²) in [5.74, 6) is -0.587. The van der Waals surface area contributed by atoms with Crippen LogP contribution in [-0.2, 0) is 0 Å². The third-order valence-electron chi connectivity index (χ3n) is 3.28. The topological polar surface area (TPSA) is 114 Å². The number of nitro groups is 1. The van der Waals surface area contributed by atoms with Gasteiger partial charge in [-0.25, -0.2) is 9.97 Å². The molecule has 3 heterocycles. The first-order valence-electron chi connectivity index (χ1n) is 6.76. The predicted octanol–water partition coefficient (Wildman–Crippen LogP) is 1.83. The molecule has 0 aromatic carbocycles. The second kappa shape index (κ2) is 5.80. The Balaban J connectivity index is 1.66. The van der Waals surface area contributed by atoms with Gasteiger partial charge in [-0.2, -0.15) is 0 Å². The number of hydrogen-bond donors (Lipinski definition) is 1. The molecule has 0 spiro atoms. The van der Waals surface area contributed by atoms with Crippen LogP contribution in [0.1, 0.15) is 23.4 Å². The van der Waals surface area contributed by atoms with Crippen molar-refractivity contribution in [3.63, 3.8) is 0 Å². The van der Waals surface area contributed by atoms with E-state index in [2.05, 4.69) is 20.2 Å². The monoisotopic (exact) mass is 303 g/mol. The fraction of sp³-hybridized carbons (Fsp3) is 0.308. The van der Waals surface area contributed by atoms with Crippen LogP contribution >= 0.6 is 0 Å². The van der Waals surface area contributed by atoms with E-state index in [1.807, 2.05) is 0 Å². The summed E-state index contributed by atoms with van der Waals surface area (Å²) in [6.07, 6.45) is 5.24. The van der Waals surface area contributed by atoms with E-state index >= 15 is 0 Å². The molecule has 0 saturated carbocycles. The van der Waals surface area contributed by atoms with Gasteiger partial charge in [-0.15, -0.1) is 0 Å². The molecule has 22 heavy (non-hydrogen) atoms. The minimum absolute atomic E-state index is 0.143. The Hall–Kier alpha value is -2.97. The lowest BCUT2D eigenvalue weighted by Crippen LogP contribution is -2.20. The van der Waals surface area contributed by atoms with Crippen molar-refractivity contribution >= 4 is 23.4 Å². The second-order valence-electron chi connectivity index (χ2n) is 4.82. The molecular formula is C13H13N5O4. The smallest absolute Gasteiger partial charge is 0.395 e. The minimum atomic E-state index is -0.704. The van der Waals surface area contributed by atoms with Crippen molar-refractivity contribution in [1.29, 1.82) is 0 Å². The van der Waals surface area contributed by atoms with Crippen LogP contribution in [0.15, 0.2) is 28.9 Å². The summed E-state index contributed by atoms with van der Waals surface area (Å²) in [6, 6.07) is 2.37. The molecule has 9 nitrogen and oxygen atoms in total. The van der Waals surface area contributed by atoms with E-state index in [0.717, 1.165) is 32.0 Å². The zero-order valence-corrected chi connectivity index (χ0v) is 11.6. The predicted molar refractivity (Wildman–Crippen MR) is 76.8 cm³/mol. The van der Waals surface area contributed by atoms with Crippen LogP contribution in [0.2, 0.25) is 0 Å². The second-order valence-corrected chi connectivity index (χ2v) is 4.82. The van der Waals surface area contributed by atoms with Gasteiger partial charge >= 0.3 is 5.88 Å². The molecule has 3 rings (SSSR count). The molecule has 1 fully saturated rings. The molecule has 0 radical (unpaired) electrons. The zero-order valence-electron chi connectivity index (χ0n) is 11.6. The highest BCUT2D eigenvalue weighted by atomic mass is 16.6. The van der Waals surface area contributed by atoms with Gasteiger partial charge in [0.05, 0.1) is 24.1 Å². The molecule has 9 heteroatoms. The van der Waals surface area contributed by atoms with E-state index in [1.165, 1.54) is 18.5 Å². The maximum Gasteiger partial charge on any atom is 0.433 e. The molecule has 0 unspecified atom stereocenters. The van der Waals surface area contributed by atoms with Gasteiger partial charge in [-0.3, -0.25) is 14.9 Å². The largest absolute Gasteiger partial charge is 0.433 e. The Morgan fingerprint density at radius 2 is 1.95 bits per heavy atom. The molecule has 2 aromatic heterocycles. The quantitative estimate of drug-likeness (QED) is 0.676. The summed E-state index contributed by atoms with van der Waals surface area (Å²) in [7, 11) is 0. The summed E-state index contributed by atoms with van der Waals surface area (Å²) in [5.41, 5.74) is 0.395. The molecule has 1 N–H and O–H groups in total. The van der Waals surface area contributed by atoms with Gasteiger partial charge in [0.2, 0.25) is 5.95 Å². The molecule has 0 aliphatic carbocycles. The summed E-state index contributed by atoms with van der Waals surface area (Å²) in [6.45, 7) is 1.86. The molecule has 2 aromatic rings. The fourth-order valence-corrected chi connectivity index (χ4v) is 2.21. The van der Waals surface area contributed by atoms with Crippen LogP contribution in [-0.4, -0.2) is 33.9 Å². The fourth-order valence-electron chi connectivity index (χ4n) is 2.21. The van der Waals surface area contributed by atoms with E-state index in [-0.39, 0.29) is 5.76 Å². The van der Waals surface area contributed by atoms with Crippen LogP contribution in [0.25, 0.3) is 0 Å². The summed E-state index contributed by atoms with van der Waals surface area (Å²) in [4.78, 5) is 32.2. The number of hydrogen-bond acceptors (Lipinski definition) is 7. The minimum Gasteiger partial charge on any atom is -0.395 e. The van der Waals surface area contributed by atoms with Crippen molar-refractivity contribution in [1.82, 2.24) is 9.97 Å². The number of carbonyl (C=O) groups excluding carboxylic acids is 1. The van der Waals surface area contributed by atoms with Crippen LogP contribution < -0.4 is 10.2 Å². The Morgan fingerprint density at radius 1 is 1.27 bits per heavy atom. The van der Waals surface area contributed by atoms with Crippen molar-refractivity contribution in [3.8, 4) is 0 Å². The number of nitrogens with zero attached hydrogens (tertiary/aromatic N) is 4. The molecule has 0 bridgehead atoms. The SMILES string of the molecule is O=C(Nc1cnc(N2CCCC2)nc1)c1ccc([N+](=O)[O-])o1. The maximum absolute atomic E-state index is 11.9. The van der Waals surface area contributed by atoms with Gasteiger partial charge in [0.15, 0.2) is 5.76 Å². The summed E-state index contributed by atoms with van der Waals surface area (Å²) >= 11 is 0. The summed E-state index contributed by atoms with van der Waals surface area (Å²) in [5, 5.41) is 13.0. The van der Waals surface area contributed by atoms with Crippen molar-refractivity contribution < 1.29 is 14.1 Å². The van der Waals surface area contributed by atoms with E-state index in [1.54, 1.807) is 0 Å². The average molecular weight is 303 g/mol. The first-order chi connectivity index (χ1) is 10.6. The van der Waals surface area contributed by atoms with Gasteiger partial charge in [0.1, 0.15) is 4.92 Å². The number of anilines is 2. The molecule has 1 saturated heterocycles. The molecule has 1 amide bonds. The van der Waals surface area contributed by atoms with Gasteiger partial charge in [0.25, 0.3) is 5.91 Å². The lowest BCUT2D eigenvalue weighted by Gasteiger charge is -2.14. The van der Waals surface area contributed by atoms with Crippen LogP contribution in [0, 0.1) is 10.1 Å². The number of aromatic nitrogens is 2. The molecule has 1 aliphatic heterocycles. The Labute approximate surface area is 125 Å². The van der Waals surface area contributed by atoms with Crippen molar-refractivity contribution in [2.24, 2.45) is 0 Å². The Kier molecular flexibility index (Phi) is 3.69. The Bertz CT molecular complexity index is 691. The highest BCUT2D eigenvalue weighted by Crippen LogP contribution is 2.18. The Morgan fingerprint density at radius 3 is 2.55 bits per heavy atom. The number of nitrogens with one attached hydrogen (secondary N) is 1. The van der Waals surface area contributed by atoms with Crippen molar-refractivity contribution in [2.75, 3.05) is 23.3 Å². The first kappa shape index (κ1) is 14.0. The van der Waals surface area contributed by atoms with Gasteiger partial charge in [0, 0.05) is 13.1 Å². The molecular weight excluding hydrogens is 290 g/mol. The van der Waals surface area contributed by atoms with Crippen LogP contribution in [0.3, 0.4) is 0 Å². The standard InChI is InChI=1S/C13H13N5O4/c19-12(10-3-4-11(22-10)18(20)21)16-9-7-14-13(15-8-9)17-5-1-2-6-17/h3-4,7-8H,1-2,5-6H2,(H,16,19). The van der Waals surface area contributed by atoms with E-state index in [0.29, 0.717) is 11.6 Å². The van der Waals surface area contributed by atoms with E-state index < -0.39 is 16.7 Å². The van der Waals surface area contributed by atoms with Gasteiger partial charge < -0.3 is 14.6 Å². The number of carbonyl (C=O) groups is 1. The third-order valence-corrected chi connectivity index (χ3v) is 3.28. The molecule has 0 atom stereocenters. The summed E-state index contributed by atoms with van der Waals surface area (Å²) < 4.78 is 4.82. The first-order valence-corrected chi connectivity index (χ1v) is 6.76. The number of amides is 1. The van der Waals surface area contributed by atoms with Gasteiger partial charge in [-0.05, 0) is 18.9 Å². The average Bonchev–Trinajstić information content (AvgIpc) is 3.20. The third kappa shape index (κ3) is 2.87. The van der Waals surface area contributed by atoms with Gasteiger partial charge in [-0.1, -0.05) is 0 Å². The van der Waals surface area contributed by atoms with Crippen molar-refractivity contribution in [3.05, 3.63) is 40.4 Å². The zero-order chi connectivity index (χ0) is 15.5.